The Morgan fingerprint density at radius 2 is 1.60 bits per heavy atom. The fourth-order valence-corrected chi connectivity index (χ4v) is 4.19. The largest absolute Gasteiger partial charge is 0.494 e. The highest BCUT2D eigenvalue weighted by atomic mass is 19.1. The molecule has 0 spiro atoms. The van der Waals surface area contributed by atoms with Crippen molar-refractivity contribution < 1.29 is 9.13 Å². The van der Waals surface area contributed by atoms with E-state index >= 15 is 0 Å². The van der Waals surface area contributed by atoms with E-state index in [0.29, 0.717) is 12.4 Å². The van der Waals surface area contributed by atoms with E-state index in [2.05, 4.69) is 6.92 Å². The van der Waals surface area contributed by atoms with Gasteiger partial charge in [-0.15, -0.1) is 0 Å². The van der Waals surface area contributed by atoms with Crippen LogP contribution in [0, 0.1) is 17.7 Å². The predicted molar refractivity (Wildman–Crippen MR) is 105 cm³/mol. The Bertz CT molecular complexity index is 477. The van der Waals surface area contributed by atoms with E-state index in [-0.39, 0.29) is 5.82 Å². The second-order valence-electron chi connectivity index (χ2n) is 7.81. The van der Waals surface area contributed by atoms with Gasteiger partial charge in [0.15, 0.2) is 0 Å². The highest BCUT2D eigenvalue weighted by Crippen LogP contribution is 2.34. The molecule has 0 radical (unpaired) electrons. The van der Waals surface area contributed by atoms with Gasteiger partial charge in [-0.05, 0) is 43.2 Å². The summed E-state index contributed by atoms with van der Waals surface area (Å²) in [7, 11) is 0. The van der Waals surface area contributed by atoms with E-state index in [1.165, 1.54) is 70.3 Å². The Morgan fingerprint density at radius 1 is 0.920 bits per heavy atom. The van der Waals surface area contributed by atoms with Crippen LogP contribution in [0.15, 0.2) is 18.2 Å². The molecule has 0 unspecified atom stereocenters. The molecule has 142 valence electrons. The maximum absolute atomic E-state index is 14.1. The normalized spacial score (nSPS) is 20.6. The molecule has 0 heterocycles. The van der Waals surface area contributed by atoms with Gasteiger partial charge in [-0.3, -0.25) is 0 Å². The second-order valence-corrected chi connectivity index (χ2v) is 7.81. The summed E-state index contributed by atoms with van der Waals surface area (Å²) in [5, 5.41) is 0. The molecule has 1 aromatic carbocycles. The minimum atomic E-state index is -0.105. The molecule has 1 nitrogen and oxygen atoms in total. The first-order valence-electron chi connectivity index (χ1n) is 10.6. The van der Waals surface area contributed by atoms with Crippen molar-refractivity contribution in [2.24, 2.45) is 11.8 Å². The van der Waals surface area contributed by atoms with Crippen molar-refractivity contribution in [2.45, 2.75) is 90.9 Å². The van der Waals surface area contributed by atoms with E-state index in [0.717, 1.165) is 30.2 Å². The van der Waals surface area contributed by atoms with Crippen LogP contribution < -0.4 is 4.74 Å². The van der Waals surface area contributed by atoms with Crippen LogP contribution in [0.2, 0.25) is 0 Å². The summed E-state index contributed by atoms with van der Waals surface area (Å²) in [6.07, 6.45) is 15.9. The molecule has 1 aliphatic carbocycles. The number of benzene rings is 1. The first-order valence-corrected chi connectivity index (χ1v) is 10.6. The third-order valence-electron chi connectivity index (χ3n) is 5.84. The minimum Gasteiger partial charge on any atom is -0.494 e. The third kappa shape index (κ3) is 7.38. The van der Waals surface area contributed by atoms with Crippen molar-refractivity contribution in [3.05, 3.63) is 29.6 Å². The standard InChI is InChI=1S/C23H37FO/c1-3-5-6-7-8-9-19-10-12-20(13-11-19)14-15-21-16-17-22(25-4-2)18-23(21)24/h16-20H,3-15H2,1-2H3/t19-,20-. The van der Waals surface area contributed by atoms with Crippen molar-refractivity contribution in [1.29, 1.82) is 0 Å². The van der Waals surface area contributed by atoms with E-state index < -0.39 is 0 Å². The van der Waals surface area contributed by atoms with Crippen LogP contribution in [-0.2, 0) is 6.42 Å². The van der Waals surface area contributed by atoms with Crippen LogP contribution in [0.4, 0.5) is 4.39 Å². The summed E-state index contributed by atoms with van der Waals surface area (Å²) in [5.74, 6) is 2.29. The molecule has 2 heteroatoms. The first kappa shape index (κ1) is 20.3. The van der Waals surface area contributed by atoms with Gasteiger partial charge in [-0.2, -0.15) is 0 Å². The highest BCUT2D eigenvalue weighted by molar-refractivity contribution is 5.29. The lowest BCUT2D eigenvalue weighted by Gasteiger charge is -2.28. The summed E-state index contributed by atoms with van der Waals surface area (Å²) in [4.78, 5) is 0. The van der Waals surface area contributed by atoms with E-state index in [9.17, 15) is 4.39 Å². The zero-order chi connectivity index (χ0) is 17.9. The molecule has 0 atom stereocenters. The van der Waals surface area contributed by atoms with Crippen LogP contribution in [0.5, 0.6) is 5.75 Å². The van der Waals surface area contributed by atoms with Gasteiger partial charge in [0, 0.05) is 6.07 Å². The van der Waals surface area contributed by atoms with Crippen LogP contribution >= 0.6 is 0 Å². The van der Waals surface area contributed by atoms with E-state index in [1.807, 2.05) is 19.1 Å². The molecule has 0 N–H and O–H groups in total. The van der Waals surface area contributed by atoms with Crippen molar-refractivity contribution >= 4 is 0 Å². The number of aryl methyl sites for hydroxylation is 1. The molecule has 0 amide bonds. The molecule has 0 aromatic heterocycles. The lowest BCUT2D eigenvalue weighted by atomic mass is 9.77. The molecule has 1 aromatic rings. The average molecular weight is 349 g/mol. The molecular weight excluding hydrogens is 311 g/mol. The topological polar surface area (TPSA) is 9.23 Å². The third-order valence-corrected chi connectivity index (χ3v) is 5.84. The zero-order valence-electron chi connectivity index (χ0n) is 16.4. The van der Waals surface area contributed by atoms with Crippen LogP contribution in [0.25, 0.3) is 0 Å². The average Bonchev–Trinajstić information content (AvgIpc) is 2.62. The number of hydrogen-bond donors (Lipinski definition) is 0. The molecule has 0 saturated heterocycles. The van der Waals surface area contributed by atoms with Gasteiger partial charge in [-0.1, -0.05) is 77.2 Å². The van der Waals surface area contributed by atoms with Crippen molar-refractivity contribution in [2.75, 3.05) is 6.61 Å². The SMILES string of the molecule is CCCCCCC[C@H]1CC[C@H](CCc2ccc(OCC)cc2F)CC1. The Kier molecular flexibility index (Phi) is 9.36. The molecule has 2 rings (SSSR count). The monoisotopic (exact) mass is 348 g/mol. The number of unbranched alkanes of at least 4 members (excludes halogenated alkanes) is 4. The number of hydrogen-bond acceptors (Lipinski definition) is 1. The van der Waals surface area contributed by atoms with Gasteiger partial charge in [0.1, 0.15) is 11.6 Å². The number of rotatable bonds is 11. The lowest BCUT2D eigenvalue weighted by Crippen LogP contribution is -2.15. The fourth-order valence-electron chi connectivity index (χ4n) is 4.19. The van der Waals surface area contributed by atoms with Crippen LogP contribution in [-0.4, -0.2) is 6.61 Å². The van der Waals surface area contributed by atoms with Crippen molar-refractivity contribution in [3.63, 3.8) is 0 Å². The molecule has 25 heavy (non-hydrogen) atoms. The highest BCUT2D eigenvalue weighted by Gasteiger charge is 2.21. The smallest absolute Gasteiger partial charge is 0.130 e. The quantitative estimate of drug-likeness (QED) is 0.380. The van der Waals surface area contributed by atoms with Crippen LogP contribution in [0.1, 0.15) is 90.0 Å². The molecule has 1 saturated carbocycles. The summed E-state index contributed by atoms with van der Waals surface area (Å²) >= 11 is 0. The van der Waals surface area contributed by atoms with Gasteiger partial charge in [-0.25, -0.2) is 4.39 Å². The zero-order valence-corrected chi connectivity index (χ0v) is 16.4. The maximum Gasteiger partial charge on any atom is 0.130 e. The summed E-state index contributed by atoms with van der Waals surface area (Å²) in [5.41, 5.74) is 0.849. The Balaban J connectivity index is 1.63. The predicted octanol–water partition coefficient (Wildman–Crippen LogP) is 7.32. The summed E-state index contributed by atoms with van der Waals surface area (Å²) in [6.45, 7) is 4.79. The molecule has 1 fully saturated rings. The fraction of sp³-hybridized carbons (Fsp3) is 0.739. The van der Waals surface area contributed by atoms with E-state index in [1.54, 1.807) is 0 Å². The molecular formula is C23H37FO. The summed E-state index contributed by atoms with van der Waals surface area (Å²) < 4.78 is 19.5. The van der Waals surface area contributed by atoms with Gasteiger partial charge >= 0.3 is 0 Å². The Hall–Kier alpha value is -1.05. The van der Waals surface area contributed by atoms with Crippen molar-refractivity contribution in [1.82, 2.24) is 0 Å². The van der Waals surface area contributed by atoms with Crippen molar-refractivity contribution in [3.8, 4) is 5.75 Å². The van der Waals surface area contributed by atoms with Crippen LogP contribution in [0.3, 0.4) is 0 Å². The Morgan fingerprint density at radius 3 is 2.24 bits per heavy atom. The number of ether oxygens (including phenoxy) is 1. The molecule has 0 aliphatic heterocycles. The van der Waals surface area contributed by atoms with Gasteiger partial charge < -0.3 is 4.74 Å². The maximum atomic E-state index is 14.1. The number of halogens is 1. The lowest BCUT2D eigenvalue weighted by molar-refractivity contribution is 0.248. The Labute approximate surface area is 154 Å². The first-order chi connectivity index (χ1) is 12.2. The molecule has 1 aliphatic rings. The van der Waals surface area contributed by atoms with Gasteiger partial charge in [0.25, 0.3) is 0 Å². The van der Waals surface area contributed by atoms with E-state index in [4.69, 9.17) is 4.74 Å². The van der Waals surface area contributed by atoms with Gasteiger partial charge in [0.05, 0.1) is 6.61 Å². The minimum absolute atomic E-state index is 0.105. The second kappa shape index (κ2) is 11.5. The van der Waals surface area contributed by atoms with Gasteiger partial charge in [0.2, 0.25) is 0 Å². The summed E-state index contributed by atoms with van der Waals surface area (Å²) in [6, 6.07) is 5.34. The molecule has 0 bridgehead atoms.